The number of nitrogens with two attached hydrogens (primary N) is 1. The first-order valence-electron chi connectivity index (χ1n) is 4.27. The Morgan fingerprint density at radius 2 is 1.87 bits per heavy atom. The van der Waals surface area contributed by atoms with Crippen molar-refractivity contribution in [2.24, 2.45) is 0 Å². The van der Waals surface area contributed by atoms with Crippen LogP contribution >= 0.6 is 11.6 Å². The molecule has 0 unspecified atom stereocenters. The smallest absolute Gasteiger partial charge is 0.239 e. The van der Waals surface area contributed by atoms with Crippen LogP contribution in [0, 0.1) is 0 Å². The van der Waals surface area contributed by atoms with Gasteiger partial charge < -0.3 is 10.5 Å². The summed E-state index contributed by atoms with van der Waals surface area (Å²) in [6.07, 6.45) is 0. The summed E-state index contributed by atoms with van der Waals surface area (Å²) < 4.78 is 5.41. The number of hydrogen-bond acceptors (Lipinski definition) is 4. The van der Waals surface area contributed by atoms with E-state index in [1.165, 1.54) is 0 Å². The Hall–Kier alpha value is -1.81. The molecule has 0 radical (unpaired) electrons. The summed E-state index contributed by atoms with van der Waals surface area (Å²) in [7, 11) is 0. The molecule has 15 heavy (non-hydrogen) atoms. The molecular formula is C10H8ClN3O. The van der Waals surface area contributed by atoms with E-state index in [0.717, 1.165) is 0 Å². The molecule has 1 aromatic heterocycles. The van der Waals surface area contributed by atoms with Gasteiger partial charge in [0.1, 0.15) is 0 Å². The van der Waals surface area contributed by atoms with Gasteiger partial charge in [0.15, 0.2) is 10.9 Å². The predicted molar refractivity (Wildman–Crippen MR) is 58.0 cm³/mol. The zero-order valence-corrected chi connectivity index (χ0v) is 8.48. The maximum atomic E-state index is 5.70. The fourth-order valence-corrected chi connectivity index (χ4v) is 1.15. The summed E-state index contributed by atoms with van der Waals surface area (Å²) in [6, 6.07) is 10.4. The molecule has 0 amide bonds. The van der Waals surface area contributed by atoms with Crippen molar-refractivity contribution in [3.05, 3.63) is 41.6 Å². The van der Waals surface area contributed by atoms with Crippen LogP contribution in [0.25, 0.3) is 0 Å². The molecule has 0 fully saturated rings. The summed E-state index contributed by atoms with van der Waals surface area (Å²) in [6.45, 7) is 0. The minimum atomic E-state index is 0.323. The van der Waals surface area contributed by atoms with Crippen LogP contribution in [0.2, 0.25) is 5.15 Å². The number of halogens is 1. The number of benzene rings is 1. The second-order valence-electron chi connectivity index (χ2n) is 2.83. The van der Waals surface area contributed by atoms with Gasteiger partial charge in [-0.25, -0.2) is 0 Å². The number of nitrogens with zero attached hydrogens (tertiary/aromatic N) is 2. The van der Waals surface area contributed by atoms with Crippen LogP contribution in [0.1, 0.15) is 0 Å². The van der Waals surface area contributed by atoms with Crippen molar-refractivity contribution >= 4 is 17.3 Å². The predicted octanol–water partition coefficient (Wildman–Crippen LogP) is 2.50. The first kappa shape index (κ1) is 9.73. The Morgan fingerprint density at radius 1 is 1.07 bits per heavy atom. The lowest BCUT2D eigenvalue weighted by Gasteiger charge is -2.05. The van der Waals surface area contributed by atoms with Crippen LogP contribution in [-0.2, 0) is 0 Å². The maximum Gasteiger partial charge on any atom is 0.239 e. The highest BCUT2D eigenvalue weighted by Gasteiger charge is 2.02. The number of aromatic nitrogens is 2. The molecule has 4 nitrogen and oxygen atoms in total. The molecule has 2 N–H and O–H groups in total. The van der Waals surface area contributed by atoms with Crippen molar-refractivity contribution in [1.29, 1.82) is 0 Å². The van der Waals surface area contributed by atoms with Crippen LogP contribution < -0.4 is 10.5 Å². The zero-order valence-electron chi connectivity index (χ0n) is 7.72. The number of hydrogen-bond donors (Lipinski definition) is 1. The summed E-state index contributed by atoms with van der Waals surface area (Å²) in [5.74, 6) is 0.909. The van der Waals surface area contributed by atoms with E-state index in [2.05, 4.69) is 10.2 Å². The van der Waals surface area contributed by atoms with Gasteiger partial charge in [0.25, 0.3) is 0 Å². The van der Waals surface area contributed by atoms with Crippen LogP contribution in [0.15, 0.2) is 36.4 Å². The lowest BCUT2D eigenvalue weighted by molar-refractivity contribution is 0.457. The van der Waals surface area contributed by atoms with Crippen LogP contribution in [-0.4, -0.2) is 10.2 Å². The molecule has 76 valence electrons. The fraction of sp³-hybridized carbons (Fsp3) is 0. The van der Waals surface area contributed by atoms with Crippen molar-refractivity contribution in [3.63, 3.8) is 0 Å². The number of nitrogen functional groups attached to an aromatic ring is 1. The fourth-order valence-electron chi connectivity index (χ4n) is 1.04. The Bertz CT molecular complexity index is 458. The minimum Gasteiger partial charge on any atom is -0.435 e. The van der Waals surface area contributed by atoms with Crippen molar-refractivity contribution in [2.75, 3.05) is 5.73 Å². The average Bonchev–Trinajstić information content (AvgIpc) is 2.25. The molecule has 0 spiro atoms. The van der Waals surface area contributed by atoms with Crippen LogP contribution in [0.3, 0.4) is 0 Å². The second kappa shape index (κ2) is 4.14. The minimum absolute atomic E-state index is 0.323. The lowest BCUT2D eigenvalue weighted by Crippen LogP contribution is -1.94. The number of para-hydroxylation sites is 2. The molecule has 0 atom stereocenters. The summed E-state index contributed by atoms with van der Waals surface area (Å²) in [5.41, 5.74) is 6.25. The standard InChI is InChI=1S/C10H8ClN3O/c11-9-5-6-10(14-13-9)15-8-4-2-1-3-7(8)12/h1-6H,12H2. The first-order chi connectivity index (χ1) is 7.25. The summed E-state index contributed by atoms with van der Waals surface area (Å²) >= 11 is 5.59. The summed E-state index contributed by atoms with van der Waals surface area (Å²) in [4.78, 5) is 0. The third-order valence-corrected chi connectivity index (χ3v) is 1.94. The van der Waals surface area contributed by atoms with Crippen LogP contribution in [0.4, 0.5) is 5.69 Å². The van der Waals surface area contributed by atoms with E-state index in [0.29, 0.717) is 22.5 Å². The quantitative estimate of drug-likeness (QED) is 0.792. The van der Waals surface area contributed by atoms with E-state index >= 15 is 0 Å². The van der Waals surface area contributed by atoms with Gasteiger partial charge in [-0.3, -0.25) is 0 Å². The van der Waals surface area contributed by atoms with E-state index in [4.69, 9.17) is 22.1 Å². The molecule has 2 aromatic rings. The van der Waals surface area contributed by atoms with Crippen molar-refractivity contribution in [1.82, 2.24) is 10.2 Å². The highest BCUT2D eigenvalue weighted by Crippen LogP contribution is 2.25. The highest BCUT2D eigenvalue weighted by molar-refractivity contribution is 6.29. The van der Waals surface area contributed by atoms with E-state index in [9.17, 15) is 0 Å². The first-order valence-corrected chi connectivity index (χ1v) is 4.65. The normalized spacial score (nSPS) is 9.93. The van der Waals surface area contributed by atoms with Gasteiger partial charge in [-0.05, 0) is 18.2 Å². The Kier molecular flexibility index (Phi) is 2.69. The van der Waals surface area contributed by atoms with Crippen LogP contribution in [0.5, 0.6) is 11.6 Å². The third kappa shape index (κ3) is 2.35. The SMILES string of the molecule is Nc1ccccc1Oc1ccc(Cl)nn1. The van der Waals surface area contributed by atoms with Gasteiger partial charge in [0, 0.05) is 6.07 Å². The molecular weight excluding hydrogens is 214 g/mol. The maximum absolute atomic E-state index is 5.70. The molecule has 0 aliphatic carbocycles. The lowest BCUT2D eigenvalue weighted by atomic mass is 10.3. The van der Waals surface area contributed by atoms with Gasteiger partial charge in [-0.15, -0.1) is 10.2 Å². The largest absolute Gasteiger partial charge is 0.435 e. The van der Waals surface area contributed by atoms with Gasteiger partial charge >= 0.3 is 0 Å². The molecule has 2 rings (SSSR count). The van der Waals surface area contributed by atoms with Gasteiger partial charge in [-0.2, -0.15) is 0 Å². The molecule has 1 heterocycles. The van der Waals surface area contributed by atoms with Gasteiger partial charge in [0.2, 0.25) is 5.88 Å². The monoisotopic (exact) mass is 221 g/mol. The molecule has 0 bridgehead atoms. The summed E-state index contributed by atoms with van der Waals surface area (Å²) in [5, 5.41) is 7.73. The topological polar surface area (TPSA) is 61.0 Å². The van der Waals surface area contributed by atoms with Crippen molar-refractivity contribution in [3.8, 4) is 11.6 Å². The molecule has 5 heteroatoms. The molecule has 0 saturated heterocycles. The number of anilines is 1. The second-order valence-corrected chi connectivity index (χ2v) is 3.22. The highest BCUT2D eigenvalue weighted by atomic mass is 35.5. The van der Waals surface area contributed by atoms with Crippen molar-refractivity contribution < 1.29 is 4.74 Å². The molecule has 0 aliphatic heterocycles. The van der Waals surface area contributed by atoms with E-state index in [1.54, 1.807) is 24.3 Å². The molecule has 0 aliphatic rings. The van der Waals surface area contributed by atoms with Crippen molar-refractivity contribution in [2.45, 2.75) is 0 Å². The van der Waals surface area contributed by atoms with Gasteiger partial charge in [0.05, 0.1) is 5.69 Å². The van der Waals surface area contributed by atoms with E-state index in [-0.39, 0.29) is 0 Å². The third-order valence-electron chi connectivity index (χ3n) is 1.74. The van der Waals surface area contributed by atoms with E-state index in [1.807, 2.05) is 12.1 Å². The Morgan fingerprint density at radius 3 is 2.53 bits per heavy atom. The molecule has 1 aromatic carbocycles. The Balaban J connectivity index is 2.22. The Labute approximate surface area is 91.7 Å². The zero-order chi connectivity index (χ0) is 10.7. The van der Waals surface area contributed by atoms with Gasteiger partial charge in [-0.1, -0.05) is 23.7 Å². The number of ether oxygens (including phenoxy) is 1. The molecule has 0 saturated carbocycles. The van der Waals surface area contributed by atoms with E-state index < -0.39 is 0 Å². The number of rotatable bonds is 2. The average molecular weight is 222 g/mol.